The molecule has 2 aromatic rings. The second kappa shape index (κ2) is 5.27. The predicted octanol–water partition coefficient (Wildman–Crippen LogP) is 1.75. The van der Waals surface area contributed by atoms with Gasteiger partial charge in [-0.1, -0.05) is 6.07 Å². The van der Waals surface area contributed by atoms with Gasteiger partial charge >= 0.3 is 0 Å². The summed E-state index contributed by atoms with van der Waals surface area (Å²) in [6.07, 6.45) is 5.10. The van der Waals surface area contributed by atoms with Crippen LogP contribution < -0.4 is 11.1 Å². The Labute approximate surface area is 105 Å². The quantitative estimate of drug-likeness (QED) is 0.855. The van der Waals surface area contributed by atoms with Crippen molar-refractivity contribution in [2.24, 2.45) is 5.73 Å². The average Bonchev–Trinajstić information content (AvgIpc) is 2.40. The number of hydrogen-bond donors (Lipinski definition) is 2. The Morgan fingerprint density at radius 3 is 2.78 bits per heavy atom. The molecular weight excluding hydrogens is 228 g/mol. The minimum absolute atomic E-state index is 0.00769. The highest BCUT2D eigenvalue weighted by atomic mass is 16.1. The molecule has 1 amide bonds. The summed E-state index contributed by atoms with van der Waals surface area (Å²) in [6.45, 7) is 1.97. The van der Waals surface area contributed by atoms with Gasteiger partial charge in [-0.25, -0.2) is 4.98 Å². The van der Waals surface area contributed by atoms with Crippen molar-refractivity contribution in [3.63, 3.8) is 0 Å². The van der Waals surface area contributed by atoms with Gasteiger partial charge in [0.2, 0.25) is 0 Å². The van der Waals surface area contributed by atoms with Gasteiger partial charge < -0.3 is 11.1 Å². The Morgan fingerprint density at radius 1 is 1.33 bits per heavy atom. The van der Waals surface area contributed by atoms with E-state index in [0.717, 1.165) is 5.56 Å². The van der Waals surface area contributed by atoms with Crippen molar-refractivity contribution in [1.29, 1.82) is 0 Å². The second-order valence-electron chi connectivity index (χ2n) is 3.92. The molecule has 0 aliphatic heterocycles. The largest absolute Gasteiger partial charge is 0.365 e. The SMILES string of the molecule is CC(Nc1ncccc1C(N)=O)c1cccnc1. The molecule has 0 aromatic carbocycles. The minimum atomic E-state index is -0.496. The molecule has 0 aliphatic rings. The van der Waals surface area contributed by atoms with Crippen LogP contribution in [0.25, 0.3) is 0 Å². The van der Waals surface area contributed by atoms with Crippen molar-refractivity contribution < 1.29 is 4.79 Å². The number of amides is 1. The molecular formula is C13H14N4O. The lowest BCUT2D eigenvalue weighted by atomic mass is 10.1. The van der Waals surface area contributed by atoms with Crippen LogP contribution in [0.2, 0.25) is 0 Å². The van der Waals surface area contributed by atoms with Crippen molar-refractivity contribution >= 4 is 11.7 Å². The van der Waals surface area contributed by atoms with Gasteiger partial charge in [-0.3, -0.25) is 9.78 Å². The number of anilines is 1. The van der Waals surface area contributed by atoms with Crippen LogP contribution in [0, 0.1) is 0 Å². The van der Waals surface area contributed by atoms with Crippen molar-refractivity contribution in [2.45, 2.75) is 13.0 Å². The lowest BCUT2D eigenvalue weighted by Gasteiger charge is -2.15. The molecule has 92 valence electrons. The summed E-state index contributed by atoms with van der Waals surface area (Å²) >= 11 is 0. The summed E-state index contributed by atoms with van der Waals surface area (Å²) in [7, 11) is 0. The monoisotopic (exact) mass is 242 g/mol. The van der Waals surface area contributed by atoms with E-state index in [1.807, 2.05) is 19.1 Å². The number of carbonyl (C=O) groups is 1. The molecule has 0 spiro atoms. The molecule has 0 aliphatic carbocycles. The van der Waals surface area contributed by atoms with Gasteiger partial charge in [0.1, 0.15) is 5.82 Å². The van der Waals surface area contributed by atoms with E-state index in [2.05, 4.69) is 15.3 Å². The first kappa shape index (κ1) is 12.0. The van der Waals surface area contributed by atoms with Crippen molar-refractivity contribution in [3.05, 3.63) is 54.0 Å². The van der Waals surface area contributed by atoms with Gasteiger partial charge in [0.15, 0.2) is 0 Å². The van der Waals surface area contributed by atoms with Crippen LogP contribution >= 0.6 is 0 Å². The average molecular weight is 242 g/mol. The molecule has 18 heavy (non-hydrogen) atoms. The van der Waals surface area contributed by atoms with E-state index in [0.29, 0.717) is 11.4 Å². The van der Waals surface area contributed by atoms with Crippen molar-refractivity contribution in [1.82, 2.24) is 9.97 Å². The van der Waals surface area contributed by atoms with Crippen LogP contribution in [0.3, 0.4) is 0 Å². The van der Waals surface area contributed by atoms with Gasteiger partial charge in [-0.2, -0.15) is 0 Å². The number of pyridine rings is 2. The van der Waals surface area contributed by atoms with Gasteiger partial charge in [0.05, 0.1) is 11.6 Å². The third kappa shape index (κ3) is 2.63. The fourth-order valence-corrected chi connectivity index (χ4v) is 1.64. The van der Waals surface area contributed by atoms with E-state index in [4.69, 9.17) is 5.73 Å². The molecule has 5 nitrogen and oxygen atoms in total. The lowest BCUT2D eigenvalue weighted by Crippen LogP contribution is -2.17. The molecule has 1 atom stereocenters. The summed E-state index contributed by atoms with van der Waals surface area (Å²) in [5.41, 5.74) is 6.69. The van der Waals surface area contributed by atoms with Crippen LogP contribution in [-0.2, 0) is 0 Å². The molecule has 2 aromatic heterocycles. The number of nitrogens with two attached hydrogens (primary N) is 1. The first-order valence-electron chi connectivity index (χ1n) is 5.60. The fourth-order valence-electron chi connectivity index (χ4n) is 1.64. The highest BCUT2D eigenvalue weighted by molar-refractivity contribution is 5.97. The Bertz CT molecular complexity index is 542. The van der Waals surface area contributed by atoms with Crippen molar-refractivity contribution in [3.8, 4) is 0 Å². The molecule has 0 bridgehead atoms. The second-order valence-corrected chi connectivity index (χ2v) is 3.92. The van der Waals surface area contributed by atoms with Crippen LogP contribution in [0.15, 0.2) is 42.9 Å². The zero-order chi connectivity index (χ0) is 13.0. The summed E-state index contributed by atoms with van der Waals surface area (Å²) in [5, 5.41) is 3.16. The zero-order valence-electron chi connectivity index (χ0n) is 10.00. The first-order chi connectivity index (χ1) is 8.68. The van der Waals surface area contributed by atoms with Gasteiger partial charge in [0, 0.05) is 18.6 Å². The fraction of sp³-hybridized carbons (Fsp3) is 0.154. The molecule has 0 fully saturated rings. The standard InChI is InChI=1S/C13H14N4O/c1-9(10-4-2-6-15-8-10)17-13-11(12(14)18)5-3-7-16-13/h2-9H,1H3,(H2,14,18)(H,16,17). The minimum Gasteiger partial charge on any atom is -0.365 e. The van der Waals surface area contributed by atoms with E-state index in [1.54, 1.807) is 30.7 Å². The van der Waals surface area contributed by atoms with Crippen LogP contribution in [-0.4, -0.2) is 15.9 Å². The molecule has 0 saturated carbocycles. The van der Waals surface area contributed by atoms with Gasteiger partial charge in [-0.05, 0) is 30.7 Å². The lowest BCUT2D eigenvalue weighted by molar-refractivity contribution is 0.100. The maximum Gasteiger partial charge on any atom is 0.252 e. The molecule has 5 heteroatoms. The normalized spacial score (nSPS) is 11.8. The Hall–Kier alpha value is -2.43. The van der Waals surface area contributed by atoms with Gasteiger partial charge in [-0.15, -0.1) is 0 Å². The van der Waals surface area contributed by atoms with Crippen LogP contribution in [0.4, 0.5) is 5.82 Å². The van der Waals surface area contributed by atoms with E-state index >= 15 is 0 Å². The first-order valence-corrected chi connectivity index (χ1v) is 5.60. The number of primary amides is 1. The molecule has 3 N–H and O–H groups in total. The molecule has 2 heterocycles. The number of carbonyl (C=O) groups excluding carboxylic acids is 1. The number of hydrogen-bond acceptors (Lipinski definition) is 4. The third-order valence-electron chi connectivity index (χ3n) is 2.61. The number of rotatable bonds is 4. The summed E-state index contributed by atoms with van der Waals surface area (Å²) in [6, 6.07) is 7.14. The maximum atomic E-state index is 11.3. The molecule has 1 unspecified atom stereocenters. The highest BCUT2D eigenvalue weighted by Crippen LogP contribution is 2.19. The van der Waals surface area contributed by atoms with E-state index in [-0.39, 0.29) is 6.04 Å². The summed E-state index contributed by atoms with van der Waals surface area (Å²) in [4.78, 5) is 19.5. The van der Waals surface area contributed by atoms with E-state index in [1.165, 1.54) is 0 Å². The van der Waals surface area contributed by atoms with E-state index < -0.39 is 5.91 Å². The number of nitrogens with zero attached hydrogens (tertiary/aromatic N) is 2. The Kier molecular flexibility index (Phi) is 3.52. The third-order valence-corrected chi connectivity index (χ3v) is 2.61. The Balaban J connectivity index is 2.22. The van der Waals surface area contributed by atoms with Crippen molar-refractivity contribution in [2.75, 3.05) is 5.32 Å². The van der Waals surface area contributed by atoms with Crippen LogP contribution in [0.5, 0.6) is 0 Å². The smallest absolute Gasteiger partial charge is 0.252 e. The molecule has 0 saturated heterocycles. The predicted molar refractivity (Wildman–Crippen MR) is 69.0 cm³/mol. The highest BCUT2D eigenvalue weighted by Gasteiger charge is 2.12. The Morgan fingerprint density at radius 2 is 2.11 bits per heavy atom. The van der Waals surface area contributed by atoms with Crippen LogP contribution in [0.1, 0.15) is 28.9 Å². The topological polar surface area (TPSA) is 80.9 Å². The van der Waals surface area contributed by atoms with Gasteiger partial charge in [0.25, 0.3) is 5.91 Å². The number of aromatic nitrogens is 2. The summed E-state index contributed by atoms with van der Waals surface area (Å²) in [5.74, 6) is -0.00894. The molecule has 0 radical (unpaired) electrons. The zero-order valence-corrected chi connectivity index (χ0v) is 10.00. The summed E-state index contributed by atoms with van der Waals surface area (Å²) < 4.78 is 0. The number of nitrogens with one attached hydrogen (secondary N) is 1. The maximum absolute atomic E-state index is 11.3. The van der Waals surface area contributed by atoms with E-state index in [9.17, 15) is 4.79 Å². The molecule has 2 rings (SSSR count).